The van der Waals surface area contributed by atoms with E-state index in [4.69, 9.17) is 5.26 Å². The number of rotatable bonds is 3. The maximum absolute atomic E-state index is 14.0. The van der Waals surface area contributed by atoms with Crippen molar-refractivity contribution in [1.82, 2.24) is 0 Å². The molecule has 0 unspecified atom stereocenters. The smallest absolute Gasteiger partial charge is 0.182 e. The monoisotopic (exact) mass is 303 g/mol. The summed E-state index contributed by atoms with van der Waals surface area (Å²) in [4.78, 5) is 0.190. The Kier molecular flexibility index (Phi) is 4.10. The Morgan fingerprint density at radius 1 is 1.19 bits per heavy atom. The Morgan fingerprint density at radius 2 is 1.90 bits per heavy atom. The summed E-state index contributed by atoms with van der Waals surface area (Å²) < 4.78 is 38.9. The predicted molar refractivity (Wildman–Crippen MR) is 77.9 cm³/mol. The van der Waals surface area contributed by atoms with Gasteiger partial charge in [0.2, 0.25) is 0 Å². The first kappa shape index (κ1) is 15.2. The maximum atomic E-state index is 14.0. The van der Waals surface area contributed by atoms with Gasteiger partial charge >= 0.3 is 0 Å². The van der Waals surface area contributed by atoms with Crippen molar-refractivity contribution in [3.8, 4) is 6.07 Å². The van der Waals surface area contributed by atoms with E-state index in [0.717, 1.165) is 5.56 Å². The SMILES string of the molecule is Cc1ccc(S(=O)(=O)Cc2cccc(C#N)c2F)c(C)c1. The van der Waals surface area contributed by atoms with Crippen LogP contribution in [0.25, 0.3) is 0 Å². The third-order valence-corrected chi connectivity index (χ3v) is 5.03. The molecule has 0 atom stereocenters. The van der Waals surface area contributed by atoms with Crippen molar-refractivity contribution in [1.29, 1.82) is 5.26 Å². The van der Waals surface area contributed by atoms with E-state index in [-0.39, 0.29) is 16.0 Å². The van der Waals surface area contributed by atoms with E-state index in [9.17, 15) is 12.8 Å². The second-order valence-corrected chi connectivity index (χ2v) is 6.88. The van der Waals surface area contributed by atoms with Crippen molar-refractivity contribution in [2.45, 2.75) is 24.5 Å². The van der Waals surface area contributed by atoms with Gasteiger partial charge in [-0.05, 0) is 31.5 Å². The quantitative estimate of drug-likeness (QED) is 0.874. The normalized spacial score (nSPS) is 11.1. The van der Waals surface area contributed by atoms with Crippen molar-refractivity contribution < 1.29 is 12.8 Å². The van der Waals surface area contributed by atoms with Crippen LogP contribution in [0.2, 0.25) is 0 Å². The van der Waals surface area contributed by atoms with Gasteiger partial charge in [-0.15, -0.1) is 0 Å². The van der Waals surface area contributed by atoms with E-state index in [1.165, 1.54) is 24.3 Å². The molecule has 0 saturated carbocycles. The molecule has 0 aliphatic rings. The van der Waals surface area contributed by atoms with E-state index in [0.29, 0.717) is 5.56 Å². The summed E-state index contributed by atoms with van der Waals surface area (Å²) >= 11 is 0. The van der Waals surface area contributed by atoms with Gasteiger partial charge in [-0.3, -0.25) is 0 Å². The second-order valence-electron chi connectivity index (χ2n) is 4.92. The molecule has 0 saturated heterocycles. The Hall–Kier alpha value is -2.19. The predicted octanol–water partition coefficient (Wildman–Crippen LogP) is 3.29. The molecule has 0 aliphatic heterocycles. The van der Waals surface area contributed by atoms with Crippen molar-refractivity contribution in [3.63, 3.8) is 0 Å². The Morgan fingerprint density at radius 3 is 2.52 bits per heavy atom. The molecule has 108 valence electrons. The first-order valence-electron chi connectivity index (χ1n) is 6.32. The van der Waals surface area contributed by atoms with Crippen LogP contribution in [0.15, 0.2) is 41.3 Å². The molecular weight excluding hydrogens is 289 g/mol. The van der Waals surface area contributed by atoms with Gasteiger partial charge in [0, 0.05) is 5.56 Å². The average molecular weight is 303 g/mol. The zero-order chi connectivity index (χ0) is 15.6. The molecule has 0 aromatic heterocycles. The number of halogens is 1. The number of sulfone groups is 1. The molecule has 2 rings (SSSR count). The van der Waals surface area contributed by atoms with Gasteiger partial charge in [0.25, 0.3) is 0 Å². The summed E-state index contributed by atoms with van der Waals surface area (Å²) in [7, 11) is -3.66. The molecule has 0 N–H and O–H groups in total. The lowest BCUT2D eigenvalue weighted by atomic mass is 10.1. The highest BCUT2D eigenvalue weighted by Crippen LogP contribution is 2.23. The molecule has 0 aliphatic carbocycles. The Bertz CT molecular complexity index is 836. The number of nitrogens with zero attached hydrogens (tertiary/aromatic N) is 1. The number of hydrogen-bond donors (Lipinski definition) is 0. The lowest BCUT2D eigenvalue weighted by Gasteiger charge is -2.09. The third-order valence-electron chi connectivity index (χ3n) is 3.21. The second kappa shape index (κ2) is 5.66. The fraction of sp³-hybridized carbons (Fsp3) is 0.188. The molecule has 2 aromatic rings. The molecule has 0 heterocycles. The van der Waals surface area contributed by atoms with Crippen LogP contribution in [0.4, 0.5) is 4.39 Å². The number of benzene rings is 2. The number of aryl methyl sites for hydroxylation is 2. The van der Waals surface area contributed by atoms with Gasteiger partial charge in [0.05, 0.1) is 16.2 Å². The topological polar surface area (TPSA) is 57.9 Å². The first-order chi connectivity index (χ1) is 9.85. The molecule has 0 amide bonds. The van der Waals surface area contributed by atoms with Gasteiger partial charge in [-0.25, -0.2) is 12.8 Å². The zero-order valence-corrected chi connectivity index (χ0v) is 12.5. The van der Waals surface area contributed by atoms with Crippen LogP contribution < -0.4 is 0 Å². The van der Waals surface area contributed by atoms with Gasteiger partial charge in [0.1, 0.15) is 11.9 Å². The van der Waals surface area contributed by atoms with Crippen LogP contribution >= 0.6 is 0 Å². The van der Waals surface area contributed by atoms with Gasteiger partial charge < -0.3 is 0 Å². The zero-order valence-electron chi connectivity index (χ0n) is 11.7. The largest absolute Gasteiger partial charge is 0.223 e. The summed E-state index contributed by atoms with van der Waals surface area (Å²) in [5.41, 5.74) is 1.45. The minimum atomic E-state index is -3.66. The third kappa shape index (κ3) is 3.11. The lowest BCUT2D eigenvalue weighted by Crippen LogP contribution is -2.09. The average Bonchev–Trinajstić information content (AvgIpc) is 2.40. The van der Waals surface area contributed by atoms with E-state index in [2.05, 4.69) is 0 Å². The first-order valence-corrected chi connectivity index (χ1v) is 7.98. The van der Waals surface area contributed by atoms with Gasteiger partial charge in [0.15, 0.2) is 9.84 Å². The van der Waals surface area contributed by atoms with E-state index < -0.39 is 21.4 Å². The van der Waals surface area contributed by atoms with Gasteiger partial charge in [-0.2, -0.15) is 5.26 Å². The molecule has 0 spiro atoms. The van der Waals surface area contributed by atoms with Crippen LogP contribution in [0.5, 0.6) is 0 Å². The molecule has 2 aromatic carbocycles. The molecule has 0 bridgehead atoms. The van der Waals surface area contributed by atoms with Crippen LogP contribution in [0.3, 0.4) is 0 Å². The standard InChI is InChI=1S/C16H14FNO2S/c1-11-6-7-15(12(2)8-11)21(19,20)10-14-5-3-4-13(9-18)16(14)17/h3-8H,10H2,1-2H3. The lowest BCUT2D eigenvalue weighted by molar-refractivity contribution is 0.585. The summed E-state index contributed by atoms with van der Waals surface area (Å²) in [5, 5.41) is 8.79. The summed E-state index contributed by atoms with van der Waals surface area (Å²) in [6, 6.07) is 10.9. The summed E-state index contributed by atoms with van der Waals surface area (Å²) in [5.74, 6) is -1.23. The Balaban J connectivity index is 2.45. The molecule has 0 fully saturated rings. The number of nitriles is 1. The fourth-order valence-corrected chi connectivity index (χ4v) is 3.82. The van der Waals surface area contributed by atoms with E-state index >= 15 is 0 Å². The highest BCUT2D eigenvalue weighted by molar-refractivity contribution is 7.90. The molecule has 0 radical (unpaired) electrons. The van der Waals surface area contributed by atoms with Crippen LogP contribution in [-0.4, -0.2) is 8.42 Å². The minimum absolute atomic E-state index is 0.00836. The van der Waals surface area contributed by atoms with Gasteiger partial charge in [-0.1, -0.05) is 29.8 Å². The summed E-state index contributed by atoms with van der Waals surface area (Å²) in [6.07, 6.45) is 0. The maximum Gasteiger partial charge on any atom is 0.182 e. The highest BCUT2D eigenvalue weighted by Gasteiger charge is 2.20. The molecule has 3 nitrogen and oxygen atoms in total. The van der Waals surface area contributed by atoms with E-state index in [1.54, 1.807) is 25.1 Å². The van der Waals surface area contributed by atoms with Crippen molar-refractivity contribution >= 4 is 9.84 Å². The highest BCUT2D eigenvalue weighted by atomic mass is 32.2. The van der Waals surface area contributed by atoms with Crippen molar-refractivity contribution in [2.24, 2.45) is 0 Å². The minimum Gasteiger partial charge on any atom is -0.223 e. The van der Waals surface area contributed by atoms with Crippen LogP contribution in [0, 0.1) is 31.0 Å². The molecule has 21 heavy (non-hydrogen) atoms. The Labute approximate surface area is 123 Å². The van der Waals surface area contributed by atoms with Crippen molar-refractivity contribution in [3.05, 3.63) is 64.5 Å². The van der Waals surface area contributed by atoms with Crippen LogP contribution in [-0.2, 0) is 15.6 Å². The summed E-state index contributed by atoms with van der Waals surface area (Å²) in [6.45, 7) is 3.58. The van der Waals surface area contributed by atoms with Crippen LogP contribution in [0.1, 0.15) is 22.3 Å². The van der Waals surface area contributed by atoms with Crippen molar-refractivity contribution in [2.75, 3.05) is 0 Å². The molecule has 5 heteroatoms. The fourth-order valence-electron chi connectivity index (χ4n) is 2.21. The molecular formula is C16H14FNO2S. The number of hydrogen-bond acceptors (Lipinski definition) is 3. The van der Waals surface area contributed by atoms with E-state index in [1.807, 2.05) is 6.92 Å².